The first-order valence-corrected chi connectivity index (χ1v) is 10.3. The van der Waals surface area contributed by atoms with Crippen LogP contribution in [0.25, 0.3) is 0 Å². The molecule has 0 fully saturated rings. The normalized spacial score (nSPS) is 14.9. The van der Waals surface area contributed by atoms with Crippen molar-refractivity contribution in [1.29, 1.82) is 0 Å². The van der Waals surface area contributed by atoms with Gasteiger partial charge in [0, 0.05) is 44.0 Å². The van der Waals surface area contributed by atoms with E-state index in [0.29, 0.717) is 37.3 Å². The largest absolute Gasteiger partial charge is 0.465 e. The average molecular weight is 402 g/mol. The van der Waals surface area contributed by atoms with E-state index < -0.39 is 0 Å². The van der Waals surface area contributed by atoms with E-state index in [4.69, 9.17) is 4.74 Å². The molecule has 2 heterocycles. The van der Waals surface area contributed by atoms with E-state index in [2.05, 4.69) is 29.2 Å². The van der Waals surface area contributed by atoms with E-state index in [1.165, 1.54) is 0 Å². The minimum absolute atomic E-state index is 0.0166. The molecule has 0 aliphatic carbocycles. The van der Waals surface area contributed by atoms with Gasteiger partial charge in [0.05, 0.1) is 18.2 Å². The Balaban J connectivity index is 1.37. The SMILES string of the molecule is CN(C)c1ccc(CCOC(=O)C2CCn3c(C(=O)c4ccccc4)ccc32)cc1. The van der Waals surface area contributed by atoms with Crippen LogP contribution in [-0.4, -0.2) is 37.0 Å². The Kier molecular flexibility index (Phi) is 5.70. The lowest BCUT2D eigenvalue weighted by Crippen LogP contribution is -2.15. The molecule has 0 saturated heterocycles. The third-order valence-electron chi connectivity index (χ3n) is 5.65. The fourth-order valence-corrected chi connectivity index (χ4v) is 3.95. The van der Waals surface area contributed by atoms with E-state index in [1.54, 1.807) is 0 Å². The molecule has 1 unspecified atom stereocenters. The second kappa shape index (κ2) is 8.57. The van der Waals surface area contributed by atoms with Crippen LogP contribution in [-0.2, 0) is 22.5 Å². The number of rotatable bonds is 7. The maximum absolute atomic E-state index is 12.8. The molecule has 0 saturated carbocycles. The Bertz CT molecular complexity index is 1040. The summed E-state index contributed by atoms with van der Waals surface area (Å²) in [7, 11) is 4.01. The number of aromatic nitrogens is 1. The van der Waals surface area contributed by atoms with E-state index in [1.807, 2.05) is 61.1 Å². The highest BCUT2D eigenvalue weighted by Gasteiger charge is 2.32. The Hall–Kier alpha value is -3.34. The van der Waals surface area contributed by atoms with Gasteiger partial charge in [-0.3, -0.25) is 9.59 Å². The zero-order chi connectivity index (χ0) is 21.1. The fraction of sp³-hybridized carbons (Fsp3) is 0.280. The number of hydrogen-bond donors (Lipinski definition) is 0. The molecule has 3 aromatic rings. The fourth-order valence-electron chi connectivity index (χ4n) is 3.95. The van der Waals surface area contributed by atoms with E-state index >= 15 is 0 Å². The first-order chi connectivity index (χ1) is 14.5. The van der Waals surface area contributed by atoms with Crippen LogP contribution in [0.3, 0.4) is 0 Å². The lowest BCUT2D eigenvalue weighted by atomic mass is 10.1. The predicted molar refractivity (Wildman–Crippen MR) is 117 cm³/mol. The first kappa shape index (κ1) is 20.0. The predicted octanol–water partition coefficient (Wildman–Crippen LogP) is 4.06. The third kappa shape index (κ3) is 4.01. The Morgan fingerprint density at radius 2 is 1.73 bits per heavy atom. The molecule has 1 aliphatic rings. The molecule has 1 atom stereocenters. The highest BCUT2D eigenvalue weighted by molar-refractivity contribution is 6.08. The summed E-state index contributed by atoms with van der Waals surface area (Å²) in [6.45, 7) is 1.01. The van der Waals surface area contributed by atoms with Gasteiger partial charge < -0.3 is 14.2 Å². The van der Waals surface area contributed by atoms with E-state index in [-0.39, 0.29) is 17.7 Å². The molecule has 30 heavy (non-hydrogen) atoms. The molecule has 4 rings (SSSR count). The number of fused-ring (bicyclic) bond motifs is 1. The van der Waals surface area contributed by atoms with Gasteiger partial charge in [0.15, 0.2) is 0 Å². The smallest absolute Gasteiger partial charge is 0.315 e. The minimum Gasteiger partial charge on any atom is -0.465 e. The van der Waals surface area contributed by atoms with Crippen molar-refractivity contribution < 1.29 is 14.3 Å². The van der Waals surface area contributed by atoms with E-state index in [9.17, 15) is 9.59 Å². The van der Waals surface area contributed by atoms with Gasteiger partial charge in [-0.05, 0) is 36.2 Å². The standard InChI is InChI=1S/C25H26N2O3/c1-26(2)20-10-8-18(9-11-20)15-17-30-25(29)21-14-16-27-22(21)12-13-23(27)24(28)19-6-4-3-5-7-19/h3-13,21H,14-17H2,1-2H3. The lowest BCUT2D eigenvalue weighted by Gasteiger charge is -2.13. The van der Waals surface area contributed by atoms with Crippen LogP contribution >= 0.6 is 0 Å². The first-order valence-electron chi connectivity index (χ1n) is 10.3. The van der Waals surface area contributed by atoms with Crippen LogP contribution in [0.1, 0.15) is 39.6 Å². The summed E-state index contributed by atoms with van der Waals surface area (Å²) in [6.07, 6.45) is 1.35. The van der Waals surface area contributed by atoms with Crippen LogP contribution in [0.5, 0.6) is 0 Å². The lowest BCUT2D eigenvalue weighted by molar-refractivity contribution is -0.145. The molecule has 1 aliphatic heterocycles. The zero-order valence-electron chi connectivity index (χ0n) is 17.4. The van der Waals surface area contributed by atoms with Gasteiger partial charge in [0.2, 0.25) is 5.78 Å². The summed E-state index contributed by atoms with van der Waals surface area (Å²) < 4.78 is 7.53. The third-order valence-corrected chi connectivity index (χ3v) is 5.65. The molecule has 0 bridgehead atoms. The number of anilines is 1. The van der Waals surface area contributed by atoms with Gasteiger partial charge in [-0.2, -0.15) is 0 Å². The summed E-state index contributed by atoms with van der Waals surface area (Å²) in [5, 5.41) is 0. The molecular formula is C25H26N2O3. The van der Waals surface area contributed by atoms with Crippen molar-refractivity contribution in [3.8, 4) is 0 Å². The van der Waals surface area contributed by atoms with Crippen molar-refractivity contribution in [3.63, 3.8) is 0 Å². The molecule has 2 aromatic carbocycles. The number of nitrogens with zero attached hydrogens (tertiary/aromatic N) is 2. The van der Waals surface area contributed by atoms with Gasteiger partial charge in [-0.15, -0.1) is 0 Å². The monoisotopic (exact) mass is 402 g/mol. The van der Waals surface area contributed by atoms with Crippen LogP contribution in [0, 0.1) is 0 Å². The number of hydrogen-bond acceptors (Lipinski definition) is 4. The maximum atomic E-state index is 12.8. The quantitative estimate of drug-likeness (QED) is 0.442. The highest BCUT2D eigenvalue weighted by Crippen LogP contribution is 2.32. The van der Waals surface area contributed by atoms with Crippen molar-refractivity contribution in [2.45, 2.75) is 25.3 Å². The molecule has 0 radical (unpaired) electrons. The molecule has 5 heteroatoms. The van der Waals surface area contributed by atoms with Gasteiger partial charge in [-0.25, -0.2) is 0 Å². The second-order valence-corrected chi connectivity index (χ2v) is 7.81. The van der Waals surface area contributed by atoms with Crippen LogP contribution in [0.2, 0.25) is 0 Å². The van der Waals surface area contributed by atoms with Crippen molar-refractivity contribution >= 4 is 17.4 Å². The van der Waals surface area contributed by atoms with Crippen LogP contribution in [0.4, 0.5) is 5.69 Å². The molecule has 0 N–H and O–H groups in total. The second-order valence-electron chi connectivity index (χ2n) is 7.81. The van der Waals surface area contributed by atoms with Crippen molar-refractivity contribution in [1.82, 2.24) is 4.57 Å². The average Bonchev–Trinajstić information content (AvgIpc) is 3.36. The Morgan fingerprint density at radius 1 is 1.00 bits per heavy atom. The van der Waals surface area contributed by atoms with Gasteiger partial charge >= 0.3 is 5.97 Å². The molecular weight excluding hydrogens is 376 g/mol. The maximum Gasteiger partial charge on any atom is 0.315 e. The number of ether oxygens (including phenoxy) is 1. The molecule has 154 valence electrons. The number of benzene rings is 2. The highest BCUT2D eigenvalue weighted by atomic mass is 16.5. The molecule has 0 amide bonds. The van der Waals surface area contributed by atoms with Crippen LogP contribution < -0.4 is 4.90 Å². The number of ketones is 1. The molecule has 0 spiro atoms. The van der Waals surface area contributed by atoms with Gasteiger partial charge in [-0.1, -0.05) is 42.5 Å². The number of carbonyl (C=O) groups excluding carboxylic acids is 2. The number of esters is 1. The van der Waals surface area contributed by atoms with Crippen LogP contribution in [0.15, 0.2) is 66.7 Å². The Labute approximate surface area is 176 Å². The molecule has 5 nitrogen and oxygen atoms in total. The number of carbonyl (C=O) groups is 2. The van der Waals surface area contributed by atoms with Gasteiger partial charge in [0.1, 0.15) is 0 Å². The summed E-state index contributed by atoms with van der Waals surface area (Å²) >= 11 is 0. The summed E-state index contributed by atoms with van der Waals surface area (Å²) in [4.78, 5) is 27.5. The summed E-state index contributed by atoms with van der Waals surface area (Å²) in [5.41, 5.74) is 4.44. The van der Waals surface area contributed by atoms with Crippen molar-refractivity contribution in [2.24, 2.45) is 0 Å². The minimum atomic E-state index is -0.307. The summed E-state index contributed by atoms with van der Waals surface area (Å²) in [6, 6.07) is 21.2. The van der Waals surface area contributed by atoms with Gasteiger partial charge in [0.25, 0.3) is 0 Å². The van der Waals surface area contributed by atoms with E-state index in [0.717, 1.165) is 16.9 Å². The topological polar surface area (TPSA) is 51.5 Å². The summed E-state index contributed by atoms with van der Waals surface area (Å²) in [5.74, 6) is -0.536. The zero-order valence-corrected chi connectivity index (χ0v) is 17.4. The Morgan fingerprint density at radius 3 is 2.43 bits per heavy atom. The van der Waals surface area contributed by atoms with Crippen molar-refractivity contribution in [2.75, 3.05) is 25.6 Å². The van der Waals surface area contributed by atoms with Crippen molar-refractivity contribution in [3.05, 3.63) is 89.2 Å². The molecule has 1 aromatic heterocycles.